The highest BCUT2D eigenvalue weighted by Gasteiger charge is 2.11. The Morgan fingerprint density at radius 1 is 1.00 bits per heavy atom. The number of amides is 2. The van der Waals surface area contributed by atoms with Gasteiger partial charge in [0.25, 0.3) is 11.8 Å². The molecule has 2 aromatic rings. The van der Waals surface area contributed by atoms with E-state index in [-0.39, 0.29) is 13.2 Å². The molecule has 0 saturated heterocycles. The van der Waals surface area contributed by atoms with E-state index in [1.165, 1.54) is 5.56 Å². The molecule has 0 radical (unpaired) electrons. The summed E-state index contributed by atoms with van der Waals surface area (Å²) in [5.41, 5.74) is 7.88. The Morgan fingerprint density at radius 3 is 2.21 bits per heavy atom. The van der Waals surface area contributed by atoms with Gasteiger partial charge in [-0.05, 0) is 77.0 Å². The molecule has 29 heavy (non-hydrogen) atoms. The van der Waals surface area contributed by atoms with Gasteiger partial charge >= 0.3 is 0 Å². The number of nitrogens with one attached hydrogen (secondary N) is 2. The van der Waals surface area contributed by atoms with Crippen molar-refractivity contribution in [2.75, 3.05) is 13.2 Å². The van der Waals surface area contributed by atoms with Crippen LogP contribution < -0.4 is 20.3 Å². The Morgan fingerprint density at radius 2 is 1.62 bits per heavy atom. The van der Waals surface area contributed by atoms with Crippen LogP contribution in [-0.4, -0.2) is 25.0 Å². The van der Waals surface area contributed by atoms with E-state index in [9.17, 15) is 9.59 Å². The number of ether oxygens (including phenoxy) is 2. The minimum absolute atomic E-state index is 0.200. The lowest BCUT2D eigenvalue weighted by atomic mass is 9.99. The minimum atomic E-state index is -0.469. The molecule has 2 aromatic carbocycles. The second-order valence-electron chi connectivity index (χ2n) is 6.87. The zero-order valence-electron chi connectivity index (χ0n) is 17.2. The van der Waals surface area contributed by atoms with Crippen molar-refractivity contribution in [1.29, 1.82) is 0 Å². The number of benzene rings is 2. The first kappa shape index (κ1) is 22.7. The van der Waals surface area contributed by atoms with E-state index < -0.39 is 11.8 Å². The molecule has 2 N–H and O–H groups in total. The number of carbonyl (C=O) groups is 2. The van der Waals surface area contributed by atoms with Crippen LogP contribution in [0.3, 0.4) is 0 Å². The average molecular weight is 463 g/mol. The van der Waals surface area contributed by atoms with Gasteiger partial charge in [0.15, 0.2) is 13.2 Å². The third kappa shape index (κ3) is 6.78. The van der Waals surface area contributed by atoms with Gasteiger partial charge in [0.2, 0.25) is 0 Å². The molecule has 7 heteroatoms. The lowest BCUT2D eigenvalue weighted by molar-refractivity contribution is -0.131. The number of hydrogen-bond acceptors (Lipinski definition) is 4. The van der Waals surface area contributed by atoms with E-state index in [0.29, 0.717) is 17.4 Å². The normalized spacial score (nSPS) is 11.5. The molecule has 1 unspecified atom stereocenters. The summed E-state index contributed by atoms with van der Waals surface area (Å²) in [5, 5.41) is 0. The number of aryl methyl sites for hydroxylation is 1. The van der Waals surface area contributed by atoms with Crippen molar-refractivity contribution in [3.8, 4) is 11.5 Å². The molecular formula is C22H27BrN2O4. The molecule has 0 aliphatic carbocycles. The van der Waals surface area contributed by atoms with Crippen LogP contribution in [-0.2, 0) is 9.59 Å². The number of carbonyl (C=O) groups excluding carboxylic acids is 2. The molecular weight excluding hydrogens is 436 g/mol. The molecule has 156 valence electrons. The van der Waals surface area contributed by atoms with Crippen LogP contribution in [0.15, 0.2) is 40.9 Å². The highest BCUT2D eigenvalue weighted by molar-refractivity contribution is 9.10. The number of rotatable bonds is 8. The summed E-state index contributed by atoms with van der Waals surface area (Å²) in [7, 11) is 0. The molecule has 0 heterocycles. The molecule has 0 spiro atoms. The zero-order valence-corrected chi connectivity index (χ0v) is 18.8. The molecule has 0 saturated carbocycles. The van der Waals surface area contributed by atoms with E-state index in [1.54, 1.807) is 6.07 Å². The van der Waals surface area contributed by atoms with Crippen molar-refractivity contribution >= 4 is 27.7 Å². The second-order valence-corrected chi connectivity index (χ2v) is 7.73. The van der Waals surface area contributed by atoms with Gasteiger partial charge in [0, 0.05) is 0 Å². The molecule has 6 nitrogen and oxygen atoms in total. The van der Waals surface area contributed by atoms with Crippen LogP contribution in [0.2, 0.25) is 0 Å². The highest BCUT2D eigenvalue weighted by Crippen LogP contribution is 2.30. The van der Waals surface area contributed by atoms with Gasteiger partial charge in [-0.15, -0.1) is 0 Å². The summed E-state index contributed by atoms with van der Waals surface area (Å²) in [6.07, 6.45) is 1.04. The van der Waals surface area contributed by atoms with E-state index in [1.807, 2.05) is 44.2 Å². The van der Waals surface area contributed by atoms with E-state index in [4.69, 9.17) is 9.47 Å². The van der Waals surface area contributed by atoms with Crippen LogP contribution in [0.5, 0.6) is 11.5 Å². The van der Waals surface area contributed by atoms with Gasteiger partial charge in [0.05, 0.1) is 4.47 Å². The van der Waals surface area contributed by atoms with Gasteiger partial charge in [-0.3, -0.25) is 20.4 Å². The van der Waals surface area contributed by atoms with Crippen molar-refractivity contribution in [1.82, 2.24) is 10.9 Å². The van der Waals surface area contributed by atoms with Crippen LogP contribution in [0.1, 0.15) is 42.9 Å². The summed E-state index contributed by atoms with van der Waals surface area (Å²) in [5.74, 6) is 0.725. The van der Waals surface area contributed by atoms with Crippen molar-refractivity contribution in [2.45, 2.75) is 40.0 Å². The maximum atomic E-state index is 11.9. The lowest BCUT2D eigenvalue weighted by Crippen LogP contribution is -2.45. The van der Waals surface area contributed by atoms with Gasteiger partial charge < -0.3 is 9.47 Å². The first-order valence-corrected chi connectivity index (χ1v) is 10.3. The van der Waals surface area contributed by atoms with Gasteiger partial charge in [0.1, 0.15) is 11.5 Å². The monoisotopic (exact) mass is 462 g/mol. The summed E-state index contributed by atoms with van der Waals surface area (Å²) in [4.78, 5) is 23.8. The fourth-order valence-electron chi connectivity index (χ4n) is 2.56. The van der Waals surface area contributed by atoms with Crippen LogP contribution in [0.4, 0.5) is 0 Å². The minimum Gasteiger partial charge on any atom is -0.483 e. The van der Waals surface area contributed by atoms with E-state index >= 15 is 0 Å². The molecule has 0 aliphatic heterocycles. The lowest BCUT2D eigenvalue weighted by Gasteiger charge is -2.13. The highest BCUT2D eigenvalue weighted by atomic mass is 79.9. The fourth-order valence-corrected chi connectivity index (χ4v) is 3.07. The van der Waals surface area contributed by atoms with E-state index in [0.717, 1.165) is 22.0 Å². The summed E-state index contributed by atoms with van der Waals surface area (Å²) >= 11 is 3.47. The Kier molecular flexibility index (Phi) is 8.51. The third-order valence-electron chi connectivity index (χ3n) is 4.75. The first-order chi connectivity index (χ1) is 13.8. The maximum Gasteiger partial charge on any atom is 0.276 e. The van der Waals surface area contributed by atoms with Crippen molar-refractivity contribution in [3.63, 3.8) is 0 Å². The predicted molar refractivity (Wildman–Crippen MR) is 116 cm³/mol. The standard InChI is InChI=1S/C22H27BrN2O4/c1-5-14(2)17-9-10-20(18(23)11-17)29-13-22(27)25-24-21(26)12-28-19-8-6-7-15(3)16(19)4/h6-11,14H,5,12-13H2,1-4H3,(H,24,26)(H,25,27). The molecule has 0 fully saturated rings. The fraction of sp³-hybridized carbons (Fsp3) is 0.364. The topological polar surface area (TPSA) is 76.7 Å². The summed E-state index contributed by atoms with van der Waals surface area (Å²) in [6.45, 7) is 7.76. The van der Waals surface area contributed by atoms with Crippen molar-refractivity contribution < 1.29 is 19.1 Å². The Bertz CT molecular complexity index is 870. The molecule has 2 amide bonds. The molecule has 1 atom stereocenters. The second kappa shape index (κ2) is 10.9. The van der Waals surface area contributed by atoms with Crippen LogP contribution in [0, 0.1) is 13.8 Å². The number of hydrazine groups is 1. The largest absolute Gasteiger partial charge is 0.483 e. The SMILES string of the molecule is CCC(C)c1ccc(OCC(=O)NNC(=O)COc2cccc(C)c2C)c(Br)c1. The maximum absolute atomic E-state index is 11.9. The van der Waals surface area contributed by atoms with Crippen molar-refractivity contribution in [3.05, 3.63) is 57.6 Å². The molecule has 2 rings (SSSR count). The predicted octanol–water partition coefficient (Wildman–Crippen LogP) is 4.18. The summed E-state index contributed by atoms with van der Waals surface area (Å²) < 4.78 is 11.8. The van der Waals surface area contributed by atoms with E-state index in [2.05, 4.69) is 40.6 Å². The Labute approximate surface area is 180 Å². The summed E-state index contributed by atoms with van der Waals surface area (Å²) in [6, 6.07) is 11.4. The smallest absolute Gasteiger partial charge is 0.276 e. The molecule has 0 aromatic heterocycles. The van der Waals surface area contributed by atoms with Crippen LogP contribution >= 0.6 is 15.9 Å². The quantitative estimate of drug-likeness (QED) is 0.576. The molecule has 0 aliphatic rings. The van der Waals surface area contributed by atoms with Crippen molar-refractivity contribution in [2.24, 2.45) is 0 Å². The van der Waals surface area contributed by atoms with Gasteiger partial charge in [-0.1, -0.05) is 32.0 Å². The first-order valence-electron chi connectivity index (χ1n) is 9.50. The third-order valence-corrected chi connectivity index (χ3v) is 5.37. The number of hydrogen-bond donors (Lipinski definition) is 2. The number of halogens is 1. The molecule has 0 bridgehead atoms. The average Bonchev–Trinajstić information content (AvgIpc) is 2.71. The Balaban J connectivity index is 1.75. The Hall–Kier alpha value is -2.54. The van der Waals surface area contributed by atoms with Gasteiger partial charge in [-0.2, -0.15) is 0 Å². The zero-order chi connectivity index (χ0) is 21.4. The van der Waals surface area contributed by atoms with Crippen LogP contribution in [0.25, 0.3) is 0 Å². The van der Waals surface area contributed by atoms with Gasteiger partial charge in [-0.25, -0.2) is 0 Å².